The van der Waals surface area contributed by atoms with Gasteiger partial charge in [0.25, 0.3) is 6.71 Å². The van der Waals surface area contributed by atoms with Crippen molar-refractivity contribution >= 4 is 40.4 Å². The van der Waals surface area contributed by atoms with Crippen LogP contribution in [0.5, 0.6) is 0 Å². The first kappa shape index (κ1) is 23.5. The molecule has 2 aliphatic rings. The quantitative estimate of drug-likeness (QED) is 0.274. The van der Waals surface area contributed by atoms with Gasteiger partial charge in [0, 0.05) is 34.1 Å². The van der Waals surface area contributed by atoms with E-state index in [-0.39, 0.29) is 6.71 Å². The molecule has 0 aliphatic carbocycles. The van der Waals surface area contributed by atoms with Gasteiger partial charge in [0.2, 0.25) is 0 Å². The van der Waals surface area contributed by atoms with Crippen LogP contribution in [0.4, 0.5) is 22.7 Å². The predicted octanol–water partition coefficient (Wildman–Crippen LogP) is 7.49. The van der Waals surface area contributed by atoms with Gasteiger partial charge in [-0.1, -0.05) is 85.5 Å². The van der Waals surface area contributed by atoms with E-state index in [9.17, 15) is 0 Å². The molecular weight excluding hydrogens is 435 g/mol. The van der Waals surface area contributed by atoms with Gasteiger partial charge in [-0.2, -0.15) is 0 Å². The maximum absolute atomic E-state index is 4.27. The number of hydrogen-bond acceptors (Lipinski definition) is 2. The Morgan fingerprint density at radius 1 is 0.778 bits per heavy atom. The van der Waals surface area contributed by atoms with E-state index in [1.165, 1.54) is 33.5 Å². The lowest BCUT2D eigenvalue weighted by molar-refractivity contribution is 1.12. The van der Waals surface area contributed by atoms with Crippen molar-refractivity contribution in [1.82, 2.24) is 0 Å². The van der Waals surface area contributed by atoms with Crippen molar-refractivity contribution in [1.29, 1.82) is 0 Å². The predicted molar refractivity (Wildman–Crippen MR) is 158 cm³/mol. The number of rotatable bonds is 6. The van der Waals surface area contributed by atoms with E-state index in [0.29, 0.717) is 0 Å². The van der Waals surface area contributed by atoms with Crippen LogP contribution in [0.2, 0.25) is 0 Å². The molecule has 0 fully saturated rings. The normalized spacial score (nSPS) is 15.3. The Morgan fingerprint density at radius 2 is 1.50 bits per heavy atom. The van der Waals surface area contributed by atoms with Crippen molar-refractivity contribution in [2.75, 3.05) is 9.80 Å². The minimum absolute atomic E-state index is 0.116. The summed E-state index contributed by atoms with van der Waals surface area (Å²) in [7, 11) is 0. The summed E-state index contributed by atoms with van der Waals surface area (Å²) >= 11 is 0. The molecule has 36 heavy (non-hydrogen) atoms. The number of hydrogen-bond donors (Lipinski definition) is 0. The molecule has 0 spiro atoms. The third-order valence-corrected chi connectivity index (χ3v) is 6.85. The zero-order valence-corrected chi connectivity index (χ0v) is 21.2. The number of benzene rings is 3. The van der Waals surface area contributed by atoms with Gasteiger partial charge in [-0.25, -0.2) is 0 Å². The number of fused-ring (bicyclic) bond motifs is 2. The van der Waals surface area contributed by atoms with E-state index >= 15 is 0 Å². The van der Waals surface area contributed by atoms with Crippen molar-refractivity contribution in [2.24, 2.45) is 0 Å². The number of anilines is 4. The van der Waals surface area contributed by atoms with E-state index in [0.717, 1.165) is 17.1 Å². The van der Waals surface area contributed by atoms with Crippen LogP contribution in [-0.4, -0.2) is 6.71 Å². The molecule has 0 saturated carbocycles. The molecule has 3 aromatic carbocycles. The summed E-state index contributed by atoms with van der Waals surface area (Å²) in [6.45, 7) is 10.6. The first-order valence-corrected chi connectivity index (χ1v) is 12.6. The van der Waals surface area contributed by atoms with Gasteiger partial charge in [-0.15, -0.1) is 0 Å². The third kappa shape index (κ3) is 3.78. The van der Waals surface area contributed by atoms with Gasteiger partial charge >= 0.3 is 0 Å². The Hall–Kier alpha value is -4.24. The van der Waals surface area contributed by atoms with Crippen LogP contribution in [0.1, 0.15) is 20.8 Å². The second-order valence-electron chi connectivity index (χ2n) is 8.85. The average Bonchev–Trinajstić information content (AvgIpc) is 2.92. The summed E-state index contributed by atoms with van der Waals surface area (Å²) in [5.74, 6) is 0. The fourth-order valence-corrected chi connectivity index (χ4v) is 5.45. The van der Waals surface area contributed by atoms with Crippen molar-refractivity contribution < 1.29 is 0 Å². The summed E-state index contributed by atoms with van der Waals surface area (Å²) in [4.78, 5) is 4.76. The molecule has 0 radical (unpaired) electrons. The number of nitrogens with zero attached hydrogens (tertiary/aromatic N) is 2. The maximum atomic E-state index is 4.27. The van der Waals surface area contributed by atoms with Crippen LogP contribution in [0.25, 0.3) is 0 Å². The van der Waals surface area contributed by atoms with Crippen LogP contribution in [0.15, 0.2) is 145 Å². The first-order valence-electron chi connectivity index (χ1n) is 12.6. The molecule has 2 nitrogen and oxygen atoms in total. The minimum Gasteiger partial charge on any atom is -0.312 e. The fraction of sp³-hybridized carbons (Fsp3) is 0.0909. The molecule has 0 saturated heterocycles. The summed E-state index contributed by atoms with van der Waals surface area (Å²) in [5.41, 5.74) is 10.9. The summed E-state index contributed by atoms with van der Waals surface area (Å²) < 4.78 is 0. The highest BCUT2D eigenvalue weighted by molar-refractivity contribution is 6.95. The van der Waals surface area contributed by atoms with Gasteiger partial charge in [0.05, 0.1) is 0 Å². The SMILES string of the molecule is C=CC1=C(/C=C\C)B2c3ccccc3N(c3ccccc3)c3cccc(c32)N1C(/C=C\C=C/C)=C/C. The molecule has 2 aliphatic heterocycles. The molecule has 5 rings (SSSR count). The minimum atomic E-state index is 0.116. The van der Waals surface area contributed by atoms with Gasteiger partial charge in [-0.05, 0) is 79.7 Å². The standard InChI is InChI=1S/C33H31BN2/c1-5-9-11-18-25(7-3)35-29(8-4)27(17-6-2)34-28-21-14-15-22-30(28)36(26-19-12-10-13-20-26)32-24-16-23-31(35)33(32)34/h5-24H,4H2,1-3H3/b9-5-,17-6-,18-11-,25-7+. The zero-order chi connectivity index (χ0) is 25.1. The average molecular weight is 466 g/mol. The van der Waals surface area contributed by atoms with Crippen molar-refractivity contribution in [2.45, 2.75) is 20.8 Å². The molecule has 0 N–H and O–H groups in total. The van der Waals surface area contributed by atoms with E-state index < -0.39 is 0 Å². The lowest BCUT2D eigenvalue weighted by Gasteiger charge is -2.44. The lowest BCUT2D eigenvalue weighted by Crippen LogP contribution is -2.56. The van der Waals surface area contributed by atoms with Crippen molar-refractivity contribution in [3.8, 4) is 0 Å². The Balaban J connectivity index is 1.86. The van der Waals surface area contributed by atoms with E-state index in [1.54, 1.807) is 0 Å². The first-order chi connectivity index (χ1) is 17.7. The molecule has 176 valence electrons. The molecular formula is C33H31BN2. The Kier molecular flexibility index (Phi) is 6.64. The fourth-order valence-electron chi connectivity index (χ4n) is 5.45. The van der Waals surface area contributed by atoms with E-state index in [4.69, 9.17) is 0 Å². The summed E-state index contributed by atoms with van der Waals surface area (Å²) in [6.07, 6.45) is 16.9. The molecule has 0 aromatic heterocycles. The van der Waals surface area contributed by atoms with Gasteiger partial charge < -0.3 is 9.80 Å². The van der Waals surface area contributed by atoms with Crippen LogP contribution in [0.3, 0.4) is 0 Å². The second-order valence-corrected chi connectivity index (χ2v) is 8.85. The van der Waals surface area contributed by atoms with E-state index in [2.05, 4.69) is 139 Å². The van der Waals surface area contributed by atoms with Crippen LogP contribution in [-0.2, 0) is 0 Å². The van der Waals surface area contributed by atoms with Crippen LogP contribution < -0.4 is 20.7 Å². The number of para-hydroxylation sites is 2. The molecule has 0 atom stereocenters. The molecule has 2 heterocycles. The number of allylic oxidation sites excluding steroid dienone is 9. The molecule has 0 unspecified atom stereocenters. The monoisotopic (exact) mass is 466 g/mol. The Labute approximate surface area is 215 Å². The lowest BCUT2D eigenvalue weighted by atomic mass is 9.33. The highest BCUT2D eigenvalue weighted by Crippen LogP contribution is 2.43. The highest BCUT2D eigenvalue weighted by Gasteiger charge is 2.42. The topological polar surface area (TPSA) is 6.48 Å². The largest absolute Gasteiger partial charge is 0.312 e. The Bertz CT molecular complexity index is 1440. The van der Waals surface area contributed by atoms with Gasteiger partial charge in [-0.3, -0.25) is 0 Å². The third-order valence-electron chi connectivity index (χ3n) is 6.85. The second kappa shape index (κ2) is 10.2. The molecule has 3 aromatic rings. The highest BCUT2D eigenvalue weighted by atomic mass is 15.2. The molecule has 0 amide bonds. The van der Waals surface area contributed by atoms with Crippen molar-refractivity contribution in [3.05, 3.63) is 145 Å². The van der Waals surface area contributed by atoms with Crippen molar-refractivity contribution in [3.63, 3.8) is 0 Å². The van der Waals surface area contributed by atoms with Crippen LogP contribution in [0, 0.1) is 0 Å². The van der Waals surface area contributed by atoms with E-state index in [1.807, 2.05) is 19.1 Å². The maximum Gasteiger partial charge on any atom is 0.252 e. The van der Waals surface area contributed by atoms with Crippen LogP contribution >= 0.6 is 0 Å². The Morgan fingerprint density at radius 3 is 2.22 bits per heavy atom. The summed E-state index contributed by atoms with van der Waals surface area (Å²) in [6, 6.07) is 26.1. The zero-order valence-electron chi connectivity index (χ0n) is 21.2. The smallest absolute Gasteiger partial charge is 0.252 e. The van der Waals surface area contributed by atoms with Gasteiger partial charge in [0.15, 0.2) is 0 Å². The van der Waals surface area contributed by atoms with Gasteiger partial charge in [0.1, 0.15) is 0 Å². The molecule has 3 heteroatoms. The summed E-state index contributed by atoms with van der Waals surface area (Å²) in [5, 5.41) is 0. The molecule has 0 bridgehead atoms.